The van der Waals surface area contributed by atoms with Crippen molar-refractivity contribution in [3.63, 3.8) is 0 Å². The number of benzene rings is 1. The Morgan fingerprint density at radius 1 is 0.912 bits per heavy atom. The fraction of sp³-hybridized carbons (Fsp3) is 0.533. The number of unbranched alkanes of at least 4 members (excludes halogenated alkanes) is 4. The van der Waals surface area contributed by atoms with Gasteiger partial charge in [0.05, 0.1) is 5.60 Å². The zero-order valence-electron chi connectivity index (χ0n) is 22.6. The molecule has 192 valence electrons. The van der Waals surface area contributed by atoms with Crippen LogP contribution in [0.5, 0.6) is 0 Å². The molecular formula is C30H48Cl2OZr. The van der Waals surface area contributed by atoms with E-state index in [1.54, 1.807) is 5.57 Å². The topological polar surface area (TPSA) is 9.23 Å². The summed E-state index contributed by atoms with van der Waals surface area (Å²) in [6, 6.07) is 8.82. The van der Waals surface area contributed by atoms with Crippen molar-refractivity contribution in [3.05, 3.63) is 80.1 Å². The van der Waals surface area contributed by atoms with Crippen LogP contribution in [0.1, 0.15) is 96.6 Å². The number of hydrogen-bond acceptors (Lipinski definition) is 1. The molecule has 0 aliphatic heterocycles. The summed E-state index contributed by atoms with van der Waals surface area (Å²) in [7, 11) is 9.87. The molecular weight excluding hydrogens is 538 g/mol. The van der Waals surface area contributed by atoms with Gasteiger partial charge < -0.3 is 19.6 Å². The van der Waals surface area contributed by atoms with Gasteiger partial charge in [-0.2, -0.15) is 0 Å². The first kappa shape index (κ1) is 36.0. The number of halogens is 2. The van der Waals surface area contributed by atoms with Gasteiger partial charge in [0.15, 0.2) is 0 Å². The fourth-order valence-electron chi connectivity index (χ4n) is 3.81. The Hall–Kier alpha value is -0.137. The van der Waals surface area contributed by atoms with Gasteiger partial charge in [-0.05, 0) is 82.4 Å². The maximum absolute atomic E-state index is 5.74. The summed E-state index contributed by atoms with van der Waals surface area (Å²) in [6.45, 7) is 9.50. The summed E-state index contributed by atoms with van der Waals surface area (Å²) in [5, 5.41) is 0. The van der Waals surface area contributed by atoms with E-state index in [1.807, 2.05) is 0 Å². The van der Waals surface area contributed by atoms with Gasteiger partial charge in [0, 0.05) is 6.61 Å². The fourth-order valence-corrected chi connectivity index (χ4v) is 3.81. The van der Waals surface area contributed by atoms with Gasteiger partial charge in [0.1, 0.15) is 0 Å². The van der Waals surface area contributed by atoms with Crippen LogP contribution in [0.4, 0.5) is 0 Å². The normalized spacial score (nSPS) is 13.0. The molecule has 3 rings (SSSR count). The van der Waals surface area contributed by atoms with Gasteiger partial charge in [-0.25, -0.2) is 0 Å². The van der Waals surface area contributed by atoms with Crippen molar-refractivity contribution in [1.29, 1.82) is 0 Å². The molecule has 0 N–H and O–H groups in total. The molecule has 34 heavy (non-hydrogen) atoms. The Morgan fingerprint density at radius 2 is 1.59 bits per heavy atom. The molecule has 2 aliphatic carbocycles. The average Bonchev–Trinajstić information content (AvgIpc) is 3.42. The molecule has 0 aromatic heterocycles. The van der Waals surface area contributed by atoms with E-state index >= 15 is 0 Å². The molecule has 0 saturated heterocycles. The van der Waals surface area contributed by atoms with Crippen LogP contribution in [0.3, 0.4) is 0 Å². The van der Waals surface area contributed by atoms with Crippen molar-refractivity contribution in [2.45, 2.75) is 97.5 Å². The molecule has 0 atom stereocenters. The van der Waals surface area contributed by atoms with E-state index in [0.29, 0.717) is 0 Å². The van der Waals surface area contributed by atoms with Crippen LogP contribution in [-0.2, 0) is 32.0 Å². The predicted molar refractivity (Wildman–Crippen MR) is 153 cm³/mol. The van der Waals surface area contributed by atoms with Crippen molar-refractivity contribution in [1.82, 2.24) is 0 Å². The number of fused-ring (bicyclic) bond motifs is 1. The van der Waals surface area contributed by atoms with Gasteiger partial charge in [-0.15, -0.1) is 0 Å². The minimum absolute atomic E-state index is 0. The molecule has 1 aromatic rings. The molecule has 0 spiro atoms. The molecule has 0 radical (unpaired) electrons. The van der Waals surface area contributed by atoms with Crippen LogP contribution in [0.15, 0.2) is 54.1 Å². The molecule has 2 aliphatic rings. The predicted octanol–water partition coefficient (Wildman–Crippen LogP) is 10.7. The molecule has 4 heteroatoms. The van der Waals surface area contributed by atoms with Gasteiger partial charge in [-0.3, -0.25) is 0 Å². The maximum atomic E-state index is 5.74. The van der Waals surface area contributed by atoms with E-state index in [0.717, 1.165) is 13.0 Å². The first-order valence-electron chi connectivity index (χ1n) is 12.1. The molecule has 0 saturated carbocycles. The number of rotatable bonds is 10. The second-order valence-electron chi connectivity index (χ2n) is 9.31. The Balaban J connectivity index is 0. The summed E-state index contributed by atoms with van der Waals surface area (Å²) < 4.78 is 5.74. The van der Waals surface area contributed by atoms with Gasteiger partial charge in [0.25, 0.3) is 0 Å². The van der Waals surface area contributed by atoms with Crippen molar-refractivity contribution in [3.8, 4) is 0 Å². The summed E-state index contributed by atoms with van der Waals surface area (Å²) >= 11 is -0.826. The summed E-state index contributed by atoms with van der Waals surface area (Å²) in [4.78, 5) is 0. The third-order valence-electron chi connectivity index (χ3n) is 5.47. The van der Waals surface area contributed by atoms with Crippen LogP contribution in [0.2, 0.25) is 0 Å². The number of allylic oxidation sites excluding steroid dienone is 6. The third-order valence-corrected chi connectivity index (χ3v) is 5.47. The van der Waals surface area contributed by atoms with E-state index < -0.39 is 20.8 Å². The Morgan fingerprint density at radius 3 is 2.21 bits per heavy atom. The summed E-state index contributed by atoms with van der Waals surface area (Å²) in [6.07, 6.45) is 21.7. The summed E-state index contributed by atoms with van der Waals surface area (Å²) in [5.74, 6) is 0. The van der Waals surface area contributed by atoms with Crippen LogP contribution >= 0.6 is 17.0 Å². The molecule has 1 nitrogen and oxygen atoms in total. The Labute approximate surface area is 231 Å². The quantitative estimate of drug-likeness (QED) is 0.196. The van der Waals surface area contributed by atoms with Crippen LogP contribution in [-0.4, -0.2) is 12.2 Å². The second-order valence-corrected chi connectivity index (χ2v) is 13.0. The SMILES string of the molecule is CC(C)(C)OCCCCCCC1=CCc2ccccc21.CCCCC1=CCC=C1.[CH3-].[CH3-].[Cl][Zr+2][Cl]. The zero-order chi connectivity index (χ0) is 23.7. The molecule has 0 unspecified atom stereocenters. The van der Waals surface area contributed by atoms with Gasteiger partial charge >= 0.3 is 37.9 Å². The van der Waals surface area contributed by atoms with Crippen molar-refractivity contribution >= 4 is 22.6 Å². The Bertz CT molecular complexity index is 717. The van der Waals surface area contributed by atoms with E-state index in [2.05, 4.69) is 76.3 Å². The molecule has 0 bridgehead atoms. The third kappa shape index (κ3) is 17.3. The summed E-state index contributed by atoms with van der Waals surface area (Å²) in [5.41, 5.74) is 6.10. The van der Waals surface area contributed by atoms with Gasteiger partial charge in [0.2, 0.25) is 0 Å². The van der Waals surface area contributed by atoms with Crippen LogP contribution in [0, 0.1) is 14.9 Å². The average molecular weight is 587 g/mol. The second kappa shape index (κ2) is 22.1. The van der Waals surface area contributed by atoms with Gasteiger partial charge in [-0.1, -0.05) is 80.3 Å². The first-order valence-corrected chi connectivity index (χ1v) is 18.5. The minimum atomic E-state index is -0.826. The monoisotopic (exact) mass is 584 g/mol. The molecule has 1 aromatic carbocycles. The number of hydrogen-bond donors (Lipinski definition) is 0. The Kier molecular flexibility index (Phi) is 23.4. The van der Waals surface area contributed by atoms with E-state index in [9.17, 15) is 0 Å². The van der Waals surface area contributed by atoms with Crippen molar-refractivity contribution < 1.29 is 25.6 Å². The molecule has 0 amide bonds. The van der Waals surface area contributed by atoms with Crippen LogP contribution < -0.4 is 0 Å². The zero-order valence-corrected chi connectivity index (χ0v) is 26.5. The van der Waals surface area contributed by atoms with E-state index in [4.69, 9.17) is 21.8 Å². The van der Waals surface area contributed by atoms with E-state index in [1.165, 1.54) is 74.5 Å². The van der Waals surface area contributed by atoms with E-state index in [-0.39, 0.29) is 20.5 Å². The molecule has 0 fully saturated rings. The van der Waals surface area contributed by atoms with Crippen molar-refractivity contribution in [2.24, 2.45) is 0 Å². The first-order chi connectivity index (χ1) is 15.4. The number of ether oxygens (including phenoxy) is 1. The molecule has 0 heterocycles. The van der Waals surface area contributed by atoms with Crippen LogP contribution in [0.25, 0.3) is 5.57 Å². The van der Waals surface area contributed by atoms with Crippen molar-refractivity contribution in [2.75, 3.05) is 6.61 Å². The standard InChI is InChI=1S/C19H28O.C9H14.2CH3.2ClH.Zr/c1-19(2,3)20-15-9-5-4-6-10-16-13-14-17-11-7-8-12-18(16)17;1-2-3-6-9-7-4-5-8-9;;;;;/h7-8,11-13H,4-6,9-10,14-15H2,1-3H3;4,7-8H,2-3,5-6H2,1H3;2*1H3;2*1H;/q;;2*-1;;;+4/p-2.